The molecule has 0 bridgehead atoms. The van der Waals surface area contributed by atoms with Crippen LogP contribution in [0.4, 0.5) is 5.82 Å². The van der Waals surface area contributed by atoms with Gasteiger partial charge in [0.2, 0.25) is 0 Å². The van der Waals surface area contributed by atoms with Crippen molar-refractivity contribution in [1.29, 1.82) is 0 Å². The molecule has 1 N–H and O–H groups in total. The van der Waals surface area contributed by atoms with Crippen molar-refractivity contribution in [3.05, 3.63) is 35.9 Å². The molecule has 1 atom stereocenters. The van der Waals surface area contributed by atoms with Gasteiger partial charge < -0.3 is 19.9 Å². The predicted octanol–water partition coefficient (Wildman–Crippen LogP) is 3.35. The van der Waals surface area contributed by atoms with Crippen LogP contribution in [0.5, 0.6) is 0 Å². The molecule has 0 aliphatic carbocycles. The first-order chi connectivity index (χ1) is 13.1. The summed E-state index contributed by atoms with van der Waals surface area (Å²) in [6, 6.07) is 10.4. The van der Waals surface area contributed by atoms with E-state index in [2.05, 4.69) is 41.4 Å². The molecule has 2 heterocycles. The van der Waals surface area contributed by atoms with Crippen molar-refractivity contribution < 1.29 is 4.74 Å². The number of aromatic nitrogens is 1. The van der Waals surface area contributed by atoms with Gasteiger partial charge in [0.25, 0.3) is 0 Å². The Morgan fingerprint density at radius 3 is 2.86 bits per heavy atom. The molecule has 3 rings (SSSR count). The molecule has 1 saturated heterocycles. The van der Waals surface area contributed by atoms with Crippen molar-refractivity contribution in [1.82, 2.24) is 15.2 Å². The van der Waals surface area contributed by atoms with Gasteiger partial charge in [-0.25, -0.2) is 9.98 Å². The second-order valence-corrected chi connectivity index (χ2v) is 7.28. The minimum absolute atomic E-state index is 0. The lowest BCUT2D eigenvalue weighted by Gasteiger charge is -2.22. The lowest BCUT2D eigenvalue weighted by molar-refractivity contribution is 0.157. The highest BCUT2D eigenvalue weighted by molar-refractivity contribution is 14.0. The first-order valence-corrected chi connectivity index (χ1v) is 9.70. The van der Waals surface area contributed by atoms with Crippen LogP contribution in [0, 0.1) is 5.92 Å². The Labute approximate surface area is 185 Å². The number of nitrogens with zero attached hydrogens (tertiary/aromatic N) is 4. The molecular weight excluding hydrogens is 465 g/mol. The van der Waals surface area contributed by atoms with Crippen LogP contribution in [0.15, 0.2) is 35.3 Å². The fourth-order valence-electron chi connectivity index (χ4n) is 3.57. The third kappa shape index (κ3) is 5.47. The summed E-state index contributed by atoms with van der Waals surface area (Å²) in [4.78, 5) is 14.1. The van der Waals surface area contributed by atoms with Crippen LogP contribution in [-0.2, 0) is 11.3 Å². The zero-order valence-electron chi connectivity index (χ0n) is 17.3. The van der Waals surface area contributed by atoms with E-state index in [1.165, 1.54) is 10.9 Å². The first-order valence-electron chi connectivity index (χ1n) is 9.70. The highest BCUT2D eigenvalue weighted by Crippen LogP contribution is 2.23. The Morgan fingerprint density at radius 2 is 2.14 bits per heavy atom. The summed E-state index contributed by atoms with van der Waals surface area (Å²) in [7, 11) is 5.82. The number of hydrogen-bond donors (Lipinski definition) is 1. The quantitative estimate of drug-likeness (QED) is 0.377. The van der Waals surface area contributed by atoms with E-state index in [1.54, 1.807) is 7.11 Å². The van der Waals surface area contributed by atoms with E-state index in [0.717, 1.165) is 50.0 Å². The Morgan fingerprint density at radius 1 is 1.36 bits per heavy atom. The molecule has 7 heteroatoms. The minimum atomic E-state index is 0. The number of nitrogens with one attached hydrogen (secondary N) is 1. The van der Waals surface area contributed by atoms with Gasteiger partial charge in [0.1, 0.15) is 5.82 Å². The number of ether oxygens (including phenoxy) is 1. The van der Waals surface area contributed by atoms with Crippen molar-refractivity contribution in [2.45, 2.75) is 19.9 Å². The minimum Gasteiger partial charge on any atom is -0.384 e. The molecule has 0 amide bonds. The molecular formula is C21H32IN5O. The van der Waals surface area contributed by atoms with Crippen molar-refractivity contribution in [2.24, 2.45) is 10.9 Å². The summed E-state index contributed by atoms with van der Waals surface area (Å²) in [5, 5.41) is 4.62. The Kier molecular flexibility index (Phi) is 8.75. The fraction of sp³-hybridized carbons (Fsp3) is 0.524. The number of fused-ring (bicyclic) bond motifs is 1. The van der Waals surface area contributed by atoms with Gasteiger partial charge in [-0.05, 0) is 31.0 Å². The molecule has 1 fully saturated rings. The smallest absolute Gasteiger partial charge is 0.194 e. The summed E-state index contributed by atoms with van der Waals surface area (Å²) in [5.41, 5.74) is 2.22. The molecule has 1 aromatic carbocycles. The zero-order chi connectivity index (χ0) is 19.2. The number of benzene rings is 1. The highest BCUT2D eigenvalue weighted by Gasteiger charge is 2.24. The van der Waals surface area contributed by atoms with Crippen LogP contribution in [0.25, 0.3) is 10.9 Å². The molecule has 2 aromatic rings. The Hall–Kier alpha value is -1.61. The number of para-hydroxylation sites is 1. The fourth-order valence-corrected chi connectivity index (χ4v) is 3.57. The van der Waals surface area contributed by atoms with Crippen molar-refractivity contribution in [3.63, 3.8) is 0 Å². The number of aliphatic imine (C=N–C) groups is 1. The van der Waals surface area contributed by atoms with E-state index < -0.39 is 0 Å². The van der Waals surface area contributed by atoms with Crippen molar-refractivity contribution >= 4 is 46.7 Å². The van der Waals surface area contributed by atoms with Crippen LogP contribution in [0.3, 0.4) is 0 Å². The van der Waals surface area contributed by atoms with Gasteiger partial charge in [-0.2, -0.15) is 0 Å². The Bertz CT molecular complexity index is 795. The van der Waals surface area contributed by atoms with Crippen LogP contribution in [-0.4, -0.2) is 63.3 Å². The third-order valence-electron chi connectivity index (χ3n) is 4.97. The van der Waals surface area contributed by atoms with E-state index in [0.29, 0.717) is 12.5 Å². The van der Waals surface area contributed by atoms with Crippen LogP contribution in [0.1, 0.15) is 18.9 Å². The molecule has 154 valence electrons. The monoisotopic (exact) mass is 497 g/mol. The zero-order valence-corrected chi connectivity index (χ0v) is 19.6. The molecule has 0 spiro atoms. The number of guanidine groups is 1. The first kappa shape index (κ1) is 22.7. The average Bonchev–Trinajstić information content (AvgIpc) is 3.13. The van der Waals surface area contributed by atoms with Gasteiger partial charge in [-0.3, -0.25) is 0 Å². The van der Waals surface area contributed by atoms with Gasteiger partial charge in [0.15, 0.2) is 5.96 Å². The second-order valence-electron chi connectivity index (χ2n) is 7.28. The van der Waals surface area contributed by atoms with Gasteiger partial charge >= 0.3 is 0 Å². The van der Waals surface area contributed by atoms with Gasteiger partial charge in [-0.15, -0.1) is 24.0 Å². The van der Waals surface area contributed by atoms with Gasteiger partial charge in [0, 0.05) is 52.1 Å². The van der Waals surface area contributed by atoms with E-state index in [1.807, 2.05) is 25.1 Å². The van der Waals surface area contributed by atoms with E-state index in [9.17, 15) is 0 Å². The lowest BCUT2D eigenvalue weighted by Crippen LogP contribution is -2.40. The number of halogens is 1. The maximum atomic E-state index is 5.33. The van der Waals surface area contributed by atoms with Crippen LogP contribution >= 0.6 is 24.0 Å². The Balaban J connectivity index is 0.00000280. The maximum absolute atomic E-state index is 5.33. The normalized spacial score (nSPS) is 16.9. The van der Waals surface area contributed by atoms with E-state index >= 15 is 0 Å². The van der Waals surface area contributed by atoms with Gasteiger partial charge in [-0.1, -0.05) is 18.2 Å². The molecule has 1 aromatic heterocycles. The van der Waals surface area contributed by atoms with Crippen molar-refractivity contribution in [3.8, 4) is 0 Å². The summed E-state index contributed by atoms with van der Waals surface area (Å²) in [6.07, 6.45) is 1.15. The molecule has 1 aliphatic rings. The predicted molar refractivity (Wildman–Crippen MR) is 128 cm³/mol. The molecule has 0 saturated carbocycles. The molecule has 1 unspecified atom stereocenters. The lowest BCUT2D eigenvalue weighted by atomic mass is 10.1. The topological polar surface area (TPSA) is 53.0 Å². The summed E-state index contributed by atoms with van der Waals surface area (Å²) < 4.78 is 5.33. The number of anilines is 1. The summed E-state index contributed by atoms with van der Waals surface area (Å²) in [6.45, 7) is 6.46. The van der Waals surface area contributed by atoms with Crippen molar-refractivity contribution in [2.75, 3.05) is 52.3 Å². The SMILES string of the molecule is CCNC(=NCc1cc(N(C)C)nc2ccccc12)N1CCC(COC)C1.I. The highest BCUT2D eigenvalue weighted by atomic mass is 127. The molecule has 28 heavy (non-hydrogen) atoms. The number of rotatable bonds is 6. The second kappa shape index (κ2) is 10.8. The number of hydrogen-bond acceptors (Lipinski definition) is 4. The molecule has 0 radical (unpaired) electrons. The van der Waals surface area contributed by atoms with E-state index in [-0.39, 0.29) is 24.0 Å². The van der Waals surface area contributed by atoms with E-state index in [4.69, 9.17) is 14.7 Å². The average molecular weight is 497 g/mol. The maximum Gasteiger partial charge on any atom is 0.194 e. The molecule has 1 aliphatic heterocycles. The van der Waals surface area contributed by atoms with Crippen LogP contribution in [0.2, 0.25) is 0 Å². The van der Waals surface area contributed by atoms with Gasteiger partial charge in [0.05, 0.1) is 18.7 Å². The molecule has 6 nitrogen and oxygen atoms in total. The summed E-state index contributed by atoms with van der Waals surface area (Å²) in [5.74, 6) is 2.54. The largest absolute Gasteiger partial charge is 0.384 e. The number of methoxy groups -OCH3 is 1. The summed E-state index contributed by atoms with van der Waals surface area (Å²) >= 11 is 0. The third-order valence-corrected chi connectivity index (χ3v) is 4.97. The van der Waals surface area contributed by atoms with Crippen LogP contribution < -0.4 is 10.2 Å². The number of likely N-dealkylation sites (tertiary alicyclic amines) is 1. The standard InChI is InChI=1S/C21H31N5O.HI/c1-5-22-21(26-11-10-16(14-26)15-27-4)23-13-17-12-20(25(2)3)24-19-9-7-6-8-18(17)19;/h6-9,12,16H,5,10-11,13-15H2,1-4H3,(H,22,23);1H. The number of pyridine rings is 1.